The van der Waals surface area contributed by atoms with Crippen molar-refractivity contribution in [2.45, 2.75) is 0 Å². The maximum Gasteiger partial charge on any atom is 0.189 e. The van der Waals surface area contributed by atoms with Gasteiger partial charge in [-0.05, 0) is 42.0 Å². The second kappa shape index (κ2) is 7.35. The Balaban J connectivity index is 2.28. The van der Waals surface area contributed by atoms with Crippen LogP contribution in [0.3, 0.4) is 0 Å². The van der Waals surface area contributed by atoms with E-state index in [9.17, 15) is 9.90 Å². The number of ether oxygens (including phenoxy) is 3. The van der Waals surface area contributed by atoms with Gasteiger partial charge in [0.05, 0.1) is 26.9 Å². The molecule has 0 aliphatic rings. The van der Waals surface area contributed by atoms with Crippen molar-refractivity contribution < 1.29 is 24.1 Å². The summed E-state index contributed by atoms with van der Waals surface area (Å²) in [5.41, 5.74) is 1.14. The Morgan fingerprint density at radius 2 is 1.70 bits per heavy atom. The van der Waals surface area contributed by atoms with E-state index in [0.717, 1.165) is 5.56 Å². The molecule has 0 fully saturated rings. The Morgan fingerprint density at radius 3 is 2.35 bits per heavy atom. The zero-order chi connectivity index (χ0) is 16.8. The summed E-state index contributed by atoms with van der Waals surface area (Å²) >= 11 is 0. The maximum atomic E-state index is 12.4. The first-order valence-corrected chi connectivity index (χ1v) is 6.90. The molecular formula is C18H18O5. The number of phenols is 1. The first-order chi connectivity index (χ1) is 11.1. The quantitative estimate of drug-likeness (QED) is 0.654. The first kappa shape index (κ1) is 16.4. The van der Waals surface area contributed by atoms with Gasteiger partial charge in [-0.2, -0.15) is 0 Å². The molecule has 0 atom stereocenters. The molecule has 0 unspecified atom stereocenters. The molecule has 0 spiro atoms. The molecule has 0 saturated heterocycles. The Hall–Kier alpha value is -2.95. The van der Waals surface area contributed by atoms with Crippen molar-refractivity contribution in [2.75, 3.05) is 21.3 Å². The molecule has 0 aliphatic carbocycles. The SMILES string of the molecule is COc1ccc(OC)c(C(=O)C=Cc2ccc(O)c(OC)c2)c1. The van der Waals surface area contributed by atoms with Gasteiger partial charge < -0.3 is 19.3 Å². The summed E-state index contributed by atoms with van der Waals surface area (Å²) in [6, 6.07) is 9.87. The lowest BCUT2D eigenvalue weighted by atomic mass is 10.1. The highest BCUT2D eigenvalue weighted by atomic mass is 16.5. The van der Waals surface area contributed by atoms with E-state index in [0.29, 0.717) is 22.8 Å². The van der Waals surface area contributed by atoms with Gasteiger partial charge in [0, 0.05) is 0 Å². The van der Waals surface area contributed by atoms with Gasteiger partial charge in [0.25, 0.3) is 0 Å². The fourth-order valence-corrected chi connectivity index (χ4v) is 2.07. The van der Waals surface area contributed by atoms with Crippen molar-refractivity contribution in [3.05, 3.63) is 53.6 Å². The molecule has 2 rings (SSSR count). The molecule has 23 heavy (non-hydrogen) atoms. The summed E-state index contributed by atoms with van der Waals surface area (Å²) in [7, 11) is 4.51. The monoisotopic (exact) mass is 314 g/mol. The first-order valence-electron chi connectivity index (χ1n) is 6.90. The van der Waals surface area contributed by atoms with Crippen molar-refractivity contribution in [1.29, 1.82) is 0 Å². The zero-order valence-corrected chi connectivity index (χ0v) is 13.2. The molecule has 5 nitrogen and oxygen atoms in total. The maximum absolute atomic E-state index is 12.4. The second-order valence-corrected chi connectivity index (χ2v) is 4.70. The zero-order valence-electron chi connectivity index (χ0n) is 13.2. The van der Waals surface area contributed by atoms with E-state index >= 15 is 0 Å². The van der Waals surface area contributed by atoms with E-state index in [-0.39, 0.29) is 11.5 Å². The highest BCUT2D eigenvalue weighted by Crippen LogP contribution is 2.28. The van der Waals surface area contributed by atoms with Gasteiger partial charge in [-0.3, -0.25) is 4.79 Å². The van der Waals surface area contributed by atoms with E-state index < -0.39 is 0 Å². The van der Waals surface area contributed by atoms with Gasteiger partial charge in [-0.1, -0.05) is 12.1 Å². The Kier molecular flexibility index (Phi) is 5.25. The third-order valence-corrected chi connectivity index (χ3v) is 3.30. The van der Waals surface area contributed by atoms with Crippen molar-refractivity contribution >= 4 is 11.9 Å². The van der Waals surface area contributed by atoms with Crippen LogP contribution in [0, 0.1) is 0 Å². The predicted octanol–water partition coefficient (Wildman–Crippen LogP) is 3.31. The van der Waals surface area contributed by atoms with Crippen molar-refractivity contribution in [1.82, 2.24) is 0 Å². The van der Waals surface area contributed by atoms with Crippen LogP contribution in [0.2, 0.25) is 0 Å². The van der Waals surface area contributed by atoms with Crippen LogP contribution in [0.15, 0.2) is 42.5 Å². The number of benzene rings is 2. The fraction of sp³-hybridized carbons (Fsp3) is 0.167. The summed E-state index contributed by atoms with van der Waals surface area (Å²) in [5.74, 6) is 1.23. The molecule has 2 aromatic rings. The minimum atomic E-state index is -0.215. The summed E-state index contributed by atoms with van der Waals surface area (Å²) < 4.78 is 15.4. The lowest BCUT2D eigenvalue weighted by Gasteiger charge is -2.08. The van der Waals surface area contributed by atoms with Crippen LogP contribution in [0.4, 0.5) is 0 Å². The number of hydrogen-bond donors (Lipinski definition) is 1. The van der Waals surface area contributed by atoms with Crippen LogP contribution in [0.25, 0.3) is 6.08 Å². The molecule has 0 aromatic heterocycles. The largest absolute Gasteiger partial charge is 0.504 e. The minimum absolute atomic E-state index is 0.0467. The minimum Gasteiger partial charge on any atom is -0.504 e. The summed E-state index contributed by atoms with van der Waals surface area (Å²) in [6.07, 6.45) is 3.08. The topological polar surface area (TPSA) is 65.0 Å². The number of ketones is 1. The Bertz CT molecular complexity index is 734. The van der Waals surface area contributed by atoms with Crippen molar-refractivity contribution in [3.8, 4) is 23.0 Å². The smallest absolute Gasteiger partial charge is 0.189 e. The summed E-state index contributed by atoms with van der Waals surface area (Å²) in [6.45, 7) is 0. The van der Waals surface area contributed by atoms with Crippen molar-refractivity contribution in [2.24, 2.45) is 0 Å². The van der Waals surface area contributed by atoms with Gasteiger partial charge in [-0.25, -0.2) is 0 Å². The van der Waals surface area contributed by atoms with Gasteiger partial charge >= 0.3 is 0 Å². The average molecular weight is 314 g/mol. The fourth-order valence-electron chi connectivity index (χ4n) is 2.07. The van der Waals surface area contributed by atoms with Crippen LogP contribution >= 0.6 is 0 Å². The Morgan fingerprint density at radius 1 is 0.957 bits per heavy atom. The number of aromatic hydroxyl groups is 1. The van der Waals surface area contributed by atoms with Crippen LogP contribution < -0.4 is 14.2 Å². The molecular weight excluding hydrogens is 296 g/mol. The number of hydrogen-bond acceptors (Lipinski definition) is 5. The highest BCUT2D eigenvalue weighted by molar-refractivity contribution is 6.08. The number of carbonyl (C=O) groups is 1. The molecule has 0 saturated carbocycles. The highest BCUT2D eigenvalue weighted by Gasteiger charge is 2.11. The van der Waals surface area contributed by atoms with Gasteiger partial charge in [0.1, 0.15) is 11.5 Å². The molecule has 0 aliphatic heterocycles. The molecule has 120 valence electrons. The second-order valence-electron chi connectivity index (χ2n) is 4.70. The number of methoxy groups -OCH3 is 3. The predicted molar refractivity (Wildman–Crippen MR) is 87.6 cm³/mol. The molecule has 1 N–H and O–H groups in total. The summed E-state index contributed by atoms with van der Waals surface area (Å²) in [4.78, 5) is 12.4. The standard InChI is InChI=1S/C18H18O5/c1-21-13-6-9-17(22-2)14(11-13)15(19)7-4-12-5-8-16(20)18(10-12)23-3/h4-11,20H,1-3H3. The van der Waals surface area contributed by atoms with Crippen molar-refractivity contribution in [3.63, 3.8) is 0 Å². The van der Waals surface area contributed by atoms with Crippen LogP contribution in [0.5, 0.6) is 23.0 Å². The third kappa shape index (κ3) is 3.83. The van der Waals surface area contributed by atoms with Gasteiger partial charge in [0.15, 0.2) is 17.3 Å². The number of carbonyl (C=O) groups excluding carboxylic acids is 1. The van der Waals surface area contributed by atoms with E-state index in [1.54, 1.807) is 36.4 Å². The average Bonchev–Trinajstić information content (AvgIpc) is 2.60. The summed E-state index contributed by atoms with van der Waals surface area (Å²) in [5, 5.41) is 9.57. The molecule has 0 heterocycles. The molecule has 0 radical (unpaired) electrons. The van der Waals surface area contributed by atoms with Gasteiger partial charge in [0.2, 0.25) is 0 Å². The van der Waals surface area contributed by atoms with Gasteiger partial charge in [-0.15, -0.1) is 0 Å². The lowest BCUT2D eigenvalue weighted by molar-refractivity contribution is 0.104. The molecule has 2 aromatic carbocycles. The van der Waals surface area contributed by atoms with E-state index in [1.807, 2.05) is 0 Å². The van der Waals surface area contributed by atoms with Crippen LogP contribution in [-0.2, 0) is 0 Å². The molecule has 5 heteroatoms. The lowest BCUT2D eigenvalue weighted by Crippen LogP contribution is -1.99. The number of phenolic OH excluding ortho intramolecular Hbond substituents is 1. The number of rotatable bonds is 6. The Labute approximate surface area is 134 Å². The van der Waals surface area contributed by atoms with E-state index in [2.05, 4.69) is 0 Å². The number of allylic oxidation sites excluding steroid dienone is 1. The van der Waals surface area contributed by atoms with E-state index in [1.165, 1.54) is 33.5 Å². The van der Waals surface area contributed by atoms with E-state index in [4.69, 9.17) is 14.2 Å². The normalized spacial score (nSPS) is 10.6. The van der Waals surface area contributed by atoms with Crippen LogP contribution in [0.1, 0.15) is 15.9 Å². The molecule has 0 amide bonds. The van der Waals surface area contributed by atoms with Crippen LogP contribution in [-0.4, -0.2) is 32.2 Å². The third-order valence-electron chi connectivity index (χ3n) is 3.30. The molecule has 0 bridgehead atoms.